The first-order chi connectivity index (χ1) is 10.2. The number of hydrogen-bond donors (Lipinski definition) is 2. The third-order valence-electron chi connectivity index (χ3n) is 3.37. The second-order valence-corrected chi connectivity index (χ2v) is 4.73. The monoisotopic (exact) mass is 320 g/mol. The summed E-state index contributed by atoms with van der Waals surface area (Å²) >= 11 is 0. The van der Waals surface area contributed by atoms with Crippen LogP contribution in [-0.2, 0) is 4.79 Å². The van der Waals surface area contributed by atoms with Crippen molar-refractivity contribution in [2.24, 2.45) is 0 Å². The molecule has 5 nitrogen and oxygen atoms in total. The second kappa shape index (κ2) is 5.91. The largest absolute Gasteiger partial charge is 0.490 e. The molecular formula is C13H12F4N2O3. The minimum Gasteiger partial charge on any atom is -0.475 e. The Bertz CT molecular complexity index is 603. The molecule has 0 aromatic heterocycles. The molecule has 0 saturated carbocycles. The molecule has 120 valence electrons. The van der Waals surface area contributed by atoms with Gasteiger partial charge in [-0.3, -0.25) is 4.79 Å². The number of aliphatic carboxylic acids is 1. The highest BCUT2D eigenvalue weighted by molar-refractivity contribution is 5.99. The lowest BCUT2D eigenvalue weighted by Gasteiger charge is -2.30. The fraction of sp³-hybridized carbons (Fsp3) is 0.385. The van der Waals surface area contributed by atoms with Crippen molar-refractivity contribution in [1.29, 1.82) is 0 Å². The molecule has 1 saturated heterocycles. The molecule has 2 N–H and O–H groups in total. The molecule has 1 atom stereocenters. The number of hydrogen-bond acceptors (Lipinski definition) is 3. The summed E-state index contributed by atoms with van der Waals surface area (Å²) < 4.78 is 45.2. The van der Waals surface area contributed by atoms with Crippen molar-refractivity contribution in [2.45, 2.75) is 12.2 Å². The average Bonchev–Trinajstić information content (AvgIpc) is 2.74. The minimum atomic E-state index is -5.08. The van der Waals surface area contributed by atoms with Crippen molar-refractivity contribution in [1.82, 2.24) is 10.2 Å². The van der Waals surface area contributed by atoms with Crippen LogP contribution in [0.5, 0.6) is 0 Å². The van der Waals surface area contributed by atoms with Crippen LogP contribution in [0.25, 0.3) is 0 Å². The van der Waals surface area contributed by atoms with Crippen LogP contribution in [0.1, 0.15) is 22.0 Å². The first-order valence-corrected chi connectivity index (χ1v) is 6.33. The number of rotatable bonds is 0. The minimum absolute atomic E-state index is 0.0250. The third-order valence-corrected chi connectivity index (χ3v) is 3.37. The molecule has 22 heavy (non-hydrogen) atoms. The fourth-order valence-corrected chi connectivity index (χ4v) is 2.41. The summed E-state index contributed by atoms with van der Waals surface area (Å²) in [4.78, 5) is 22.6. The van der Waals surface area contributed by atoms with Crippen LogP contribution in [0.2, 0.25) is 0 Å². The van der Waals surface area contributed by atoms with Gasteiger partial charge in [0.2, 0.25) is 0 Å². The van der Waals surface area contributed by atoms with Gasteiger partial charge < -0.3 is 15.3 Å². The van der Waals surface area contributed by atoms with Gasteiger partial charge in [0, 0.05) is 19.6 Å². The van der Waals surface area contributed by atoms with Crippen molar-refractivity contribution in [3.05, 3.63) is 35.1 Å². The molecule has 1 fully saturated rings. The first-order valence-electron chi connectivity index (χ1n) is 6.33. The molecule has 1 amide bonds. The number of carbonyl (C=O) groups is 2. The summed E-state index contributed by atoms with van der Waals surface area (Å²) in [7, 11) is 0. The topological polar surface area (TPSA) is 69.6 Å². The standard InChI is InChI=1S/C11H11FN2O.C2HF3O2/c12-8-3-1-2-7-9-6-13-4-5-14(9)11(15)10(7)8;3-2(4,5)1(6)7/h1-3,9,13H,4-6H2;(H,6,7). The summed E-state index contributed by atoms with van der Waals surface area (Å²) in [5.74, 6) is -3.31. The number of alkyl halides is 3. The van der Waals surface area contributed by atoms with Crippen LogP contribution < -0.4 is 5.32 Å². The number of fused-ring (bicyclic) bond motifs is 3. The Morgan fingerprint density at radius 3 is 2.59 bits per heavy atom. The van der Waals surface area contributed by atoms with Gasteiger partial charge >= 0.3 is 12.1 Å². The van der Waals surface area contributed by atoms with Crippen LogP contribution in [-0.4, -0.2) is 47.7 Å². The van der Waals surface area contributed by atoms with E-state index in [1.54, 1.807) is 11.0 Å². The molecule has 1 unspecified atom stereocenters. The number of halogens is 4. The van der Waals surface area contributed by atoms with E-state index in [1.807, 2.05) is 6.07 Å². The van der Waals surface area contributed by atoms with Gasteiger partial charge in [-0.05, 0) is 11.6 Å². The maximum absolute atomic E-state index is 13.5. The summed E-state index contributed by atoms with van der Waals surface area (Å²) in [5, 5.41) is 10.3. The zero-order chi connectivity index (χ0) is 16.5. The highest BCUT2D eigenvalue weighted by atomic mass is 19.4. The van der Waals surface area contributed by atoms with Crippen molar-refractivity contribution in [3.63, 3.8) is 0 Å². The Balaban J connectivity index is 0.000000217. The molecule has 2 aliphatic rings. The van der Waals surface area contributed by atoms with E-state index in [-0.39, 0.29) is 17.5 Å². The van der Waals surface area contributed by atoms with Crippen LogP contribution in [0.3, 0.4) is 0 Å². The third kappa shape index (κ3) is 3.03. The normalized spacial score (nSPS) is 19.9. The fourth-order valence-electron chi connectivity index (χ4n) is 2.41. The van der Waals surface area contributed by atoms with Gasteiger partial charge in [-0.1, -0.05) is 12.1 Å². The summed E-state index contributed by atoms with van der Waals surface area (Å²) in [6.07, 6.45) is -5.08. The van der Waals surface area contributed by atoms with E-state index in [0.717, 1.165) is 18.7 Å². The van der Waals surface area contributed by atoms with Crippen molar-refractivity contribution >= 4 is 11.9 Å². The van der Waals surface area contributed by atoms with Gasteiger partial charge in [0.15, 0.2) is 0 Å². The van der Waals surface area contributed by atoms with Crippen molar-refractivity contribution in [2.75, 3.05) is 19.6 Å². The van der Waals surface area contributed by atoms with Gasteiger partial charge in [-0.15, -0.1) is 0 Å². The molecule has 1 aromatic carbocycles. The number of piperazine rings is 1. The van der Waals surface area contributed by atoms with E-state index in [1.165, 1.54) is 6.07 Å². The molecule has 0 aliphatic carbocycles. The van der Waals surface area contributed by atoms with E-state index < -0.39 is 18.0 Å². The molecule has 3 rings (SSSR count). The van der Waals surface area contributed by atoms with Gasteiger partial charge in [0.25, 0.3) is 5.91 Å². The zero-order valence-corrected chi connectivity index (χ0v) is 11.2. The lowest BCUT2D eigenvalue weighted by atomic mass is 10.0. The van der Waals surface area contributed by atoms with Gasteiger partial charge in [0.1, 0.15) is 5.82 Å². The molecule has 1 aromatic rings. The number of nitrogens with zero attached hydrogens (tertiary/aromatic N) is 1. The van der Waals surface area contributed by atoms with E-state index in [4.69, 9.17) is 9.90 Å². The first kappa shape index (κ1) is 16.2. The van der Waals surface area contributed by atoms with E-state index >= 15 is 0 Å². The Hall–Kier alpha value is -2.16. The van der Waals surface area contributed by atoms with Crippen LogP contribution in [0.15, 0.2) is 18.2 Å². The van der Waals surface area contributed by atoms with Gasteiger partial charge in [-0.2, -0.15) is 13.2 Å². The predicted octanol–water partition coefficient (Wildman–Crippen LogP) is 1.56. The maximum atomic E-state index is 13.5. The molecule has 0 bridgehead atoms. The quantitative estimate of drug-likeness (QED) is 0.712. The SMILES string of the molecule is O=C(O)C(F)(F)F.O=C1c2c(F)cccc2C2CNCCN12. The van der Waals surface area contributed by atoms with Crippen LogP contribution in [0, 0.1) is 5.82 Å². The summed E-state index contributed by atoms with van der Waals surface area (Å²) in [6, 6.07) is 4.88. The highest BCUT2D eigenvalue weighted by Gasteiger charge is 2.39. The Labute approximate surface area is 122 Å². The van der Waals surface area contributed by atoms with E-state index in [2.05, 4.69) is 5.32 Å². The predicted molar refractivity (Wildman–Crippen MR) is 66.7 cm³/mol. The maximum Gasteiger partial charge on any atom is 0.490 e. The summed E-state index contributed by atoms with van der Waals surface area (Å²) in [6.45, 7) is 2.18. The number of amides is 1. The smallest absolute Gasteiger partial charge is 0.475 e. The molecule has 9 heteroatoms. The molecular weight excluding hydrogens is 308 g/mol. The highest BCUT2D eigenvalue weighted by Crippen LogP contribution is 2.35. The van der Waals surface area contributed by atoms with Crippen LogP contribution >= 0.6 is 0 Å². The second-order valence-electron chi connectivity index (χ2n) is 4.73. The number of nitrogens with one attached hydrogen (secondary N) is 1. The van der Waals surface area contributed by atoms with E-state index in [0.29, 0.717) is 6.54 Å². The van der Waals surface area contributed by atoms with E-state index in [9.17, 15) is 22.4 Å². The summed E-state index contributed by atoms with van der Waals surface area (Å²) in [5.41, 5.74) is 1.10. The lowest BCUT2D eigenvalue weighted by Crippen LogP contribution is -2.44. The molecule has 0 radical (unpaired) electrons. The van der Waals surface area contributed by atoms with Crippen molar-refractivity contribution in [3.8, 4) is 0 Å². The van der Waals surface area contributed by atoms with Crippen molar-refractivity contribution < 1.29 is 32.3 Å². The lowest BCUT2D eigenvalue weighted by molar-refractivity contribution is -0.192. The molecule has 2 aliphatic heterocycles. The number of carboxylic acids is 1. The van der Waals surface area contributed by atoms with Crippen LogP contribution in [0.4, 0.5) is 17.6 Å². The zero-order valence-electron chi connectivity index (χ0n) is 11.2. The Morgan fingerprint density at radius 1 is 1.36 bits per heavy atom. The Kier molecular flexibility index (Phi) is 4.36. The van der Waals surface area contributed by atoms with Gasteiger partial charge in [-0.25, -0.2) is 9.18 Å². The van der Waals surface area contributed by atoms with Gasteiger partial charge in [0.05, 0.1) is 11.6 Å². The number of carbonyl (C=O) groups excluding carboxylic acids is 1. The Morgan fingerprint density at radius 2 is 2.00 bits per heavy atom. The molecule has 0 spiro atoms. The molecule has 2 heterocycles. The number of benzene rings is 1. The average molecular weight is 320 g/mol. The number of carboxylic acid groups (broad SMARTS) is 1.